The molecule has 19 heavy (non-hydrogen) atoms. The maximum absolute atomic E-state index is 12.2. The van der Waals surface area contributed by atoms with Gasteiger partial charge < -0.3 is 15.7 Å². The summed E-state index contributed by atoms with van der Waals surface area (Å²) in [5.74, 6) is 0.396. The molecule has 1 fully saturated rings. The van der Waals surface area contributed by atoms with Crippen LogP contribution in [0.3, 0.4) is 0 Å². The number of carbonyl (C=O) groups excluding carboxylic acids is 1. The average molecular weight is 262 g/mol. The number of amides is 1. The van der Waals surface area contributed by atoms with Crippen molar-refractivity contribution < 1.29 is 9.90 Å². The molecule has 0 aliphatic heterocycles. The van der Waals surface area contributed by atoms with Crippen LogP contribution in [0.4, 0.5) is 0 Å². The summed E-state index contributed by atoms with van der Waals surface area (Å²) in [6.07, 6.45) is 3.88. The van der Waals surface area contributed by atoms with Crippen LogP contribution in [0, 0.1) is 5.41 Å². The normalized spacial score (nSPS) is 16.7. The highest BCUT2D eigenvalue weighted by Gasteiger charge is 2.38. The maximum Gasteiger partial charge on any atom is 0.223 e. The van der Waals surface area contributed by atoms with Crippen molar-refractivity contribution in [3.63, 3.8) is 0 Å². The number of benzene rings is 1. The molecule has 0 bridgehead atoms. The van der Waals surface area contributed by atoms with Gasteiger partial charge in [0.15, 0.2) is 0 Å². The number of aromatic hydroxyl groups is 1. The third-order valence-electron chi connectivity index (χ3n) is 4.16. The van der Waals surface area contributed by atoms with Gasteiger partial charge in [0.25, 0.3) is 0 Å². The van der Waals surface area contributed by atoms with Gasteiger partial charge in [0.1, 0.15) is 5.75 Å². The Hall–Kier alpha value is -1.55. The molecule has 104 valence electrons. The van der Waals surface area contributed by atoms with Crippen LogP contribution in [0.5, 0.6) is 5.75 Å². The fourth-order valence-corrected chi connectivity index (χ4v) is 2.55. The summed E-state index contributed by atoms with van der Waals surface area (Å²) in [6, 6.07) is 6.95. The molecule has 1 saturated carbocycles. The standard InChI is InChI=1S/C15H22N2O2/c1-17(10-12-3-5-13(18)6-4-12)14(19)9-15(11-16)7-2-8-15/h3-6,18H,2,7-11,16H2,1H3. The number of hydrogen-bond donors (Lipinski definition) is 2. The van der Waals surface area contributed by atoms with Gasteiger partial charge in [-0.2, -0.15) is 0 Å². The van der Waals surface area contributed by atoms with Crippen molar-refractivity contribution in [3.05, 3.63) is 29.8 Å². The highest BCUT2D eigenvalue weighted by Crippen LogP contribution is 2.43. The minimum Gasteiger partial charge on any atom is -0.508 e. The van der Waals surface area contributed by atoms with Gasteiger partial charge in [-0.3, -0.25) is 4.79 Å². The fraction of sp³-hybridized carbons (Fsp3) is 0.533. The number of carbonyl (C=O) groups is 1. The van der Waals surface area contributed by atoms with E-state index in [2.05, 4.69) is 0 Å². The molecule has 3 N–H and O–H groups in total. The lowest BCUT2D eigenvalue weighted by Crippen LogP contribution is -2.42. The first-order valence-corrected chi connectivity index (χ1v) is 6.77. The van der Waals surface area contributed by atoms with Crippen molar-refractivity contribution in [1.82, 2.24) is 4.90 Å². The van der Waals surface area contributed by atoms with E-state index in [1.165, 1.54) is 6.42 Å². The van der Waals surface area contributed by atoms with Crippen molar-refractivity contribution in [1.29, 1.82) is 0 Å². The van der Waals surface area contributed by atoms with E-state index in [1.54, 1.807) is 17.0 Å². The van der Waals surface area contributed by atoms with Crippen molar-refractivity contribution in [3.8, 4) is 5.75 Å². The van der Waals surface area contributed by atoms with Crippen LogP contribution in [0.15, 0.2) is 24.3 Å². The molecule has 0 heterocycles. The molecule has 1 aromatic rings. The first-order chi connectivity index (χ1) is 9.04. The minimum absolute atomic E-state index is 0.0559. The zero-order valence-corrected chi connectivity index (χ0v) is 11.4. The van der Waals surface area contributed by atoms with E-state index in [9.17, 15) is 9.90 Å². The van der Waals surface area contributed by atoms with Crippen molar-refractivity contribution in [2.24, 2.45) is 11.1 Å². The first-order valence-electron chi connectivity index (χ1n) is 6.77. The van der Waals surface area contributed by atoms with Gasteiger partial charge in [-0.1, -0.05) is 18.6 Å². The number of phenols is 1. The molecule has 0 radical (unpaired) electrons. The van der Waals surface area contributed by atoms with Gasteiger partial charge in [-0.15, -0.1) is 0 Å². The Labute approximate surface area is 114 Å². The van der Waals surface area contributed by atoms with E-state index >= 15 is 0 Å². The molecule has 2 rings (SSSR count). The molecule has 1 aliphatic rings. The predicted molar refractivity (Wildman–Crippen MR) is 74.5 cm³/mol. The van der Waals surface area contributed by atoms with Crippen LogP contribution < -0.4 is 5.73 Å². The zero-order valence-electron chi connectivity index (χ0n) is 11.4. The monoisotopic (exact) mass is 262 g/mol. The smallest absolute Gasteiger partial charge is 0.223 e. The second-order valence-electron chi connectivity index (χ2n) is 5.65. The quantitative estimate of drug-likeness (QED) is 0.851. The van der Waals surface area contributed by atoms with Gasteiger partial charge in [0.05, 0.1) is 0 Å². The molecule has 0 atom stereocenters. The number of nitrogens with two attached hydrogens (primary N) is 1. The topological polar surface area (TPSA) is 66.6 Å². The van der Waals surface area contributed by atoms with Crippen LogP contribution in [-0.4, -0.2) is 29.5 Å². The molecule has 1 aromatic carbocycles. The van der Waals surface area contributed by atoms with E-state index in [-0.39, 0.29) is 17.1 Å². The molecule has 1 amide bonds. The van der Waals surface area contributed by atoms with Crippen LogP contribution in [0.1, 0.15) is 31.2 Å². The lowest BCUT2D eigenvalue weighted by molar-refractivity contribution is -0.134. The summed E-state index contributed by atoms with van der Waals surface area (Å²) in [4.78, 5) is 13.9. The lowest BCUT2D eigenvalue weighted by Gasteiger charge is -2.41. The van der Waals surface area contributed by atoms with Gasteiger partial charge in [-0.25, -0.2) is 0 Å². The van der Waals surface area contributed by atoms with Crippen molar-refractivity contribution in [2.75, 3.05) is 13.6 Å². The molecule has 0 unspecified atom stereocenters. The van der Waals surface area contributed by atoms with Crippen molar-refractivity contribution >= 4 is 5.91 Å². The van der Waals surface area contributed by atoms with Crippen LogP contribution >= 0.6 is 0 Å². The summed E-state index contributed by atoms with van der Waals surface area (Å²) in [5.41, 5.74) is 6.86. The summed E-state index contributed by atoms with van der Waals surface area (Å²) < 4.78 is 0. The number of hydrogen-bond acceptors (Lipinski definition) is 3. The van der Waals surface area contributed by atoms with Gasteiger partial charge >= 0.3 is 0 Å². The third kappa shape index (κ3) is 3.26. The molecule has 1 aliphatic carbocycles. The summed E-state index contributed by atoms with van der Waals surface area (Å²) in [7, 11) is 1.82. The Bertz CT molecular complexity index is 432. The van der Waals surface area contributed by atoms with E-state index in [0.29, 0.717) is 19.5 Å². The second kappa shape index (κ2) is 5.61. The Kier molecular flexibility index (Phi) is 4.10. The van der Waals surface area contributed by atoms with Crippen LogP contribution in [0.2, 0.25) is 0 Å². The van der Waals surface area contributed by atoms with E-state index in [0.717, 1.165) is 18.4 Å². The number of phenolic OH excluding ortho intramolecular Hbond substituents is 1. The Morgan fingerprint density at radius 2 is 2.00 bits per heavy atom. The lowest BCUT2D eigenvalue weighted by atomic mass is 9.66. The fourth-order valence-electron chi connectivity index (χ4n) is 2.55. The molecule has 0 aromatic heterocycles. The van der Waals surface area contributed by atoms with Gasteiger partial charge in [0, 0.05) is 20.0 Å². The van der Waals surface area contributed by atoms with Crippen LogP contribution in [-0.2, 0) is 11.3 Å². The van der Waals surface area contributed by atoms with Gasteiger partial charge in [-0.05, 0) is 42.5 Å². The maximum atomic E-state index is 12.2. The Morgan fingerprint density at radius 1 is 1.37 bits per heavy atom. The van der Waals surface area contributed by atoms with Crippen LogP contribution in [0.25, 0.3) is 0 Å². The summed E-state index contributed by atoms with van der Waals surface area (Å²) in [6.45, 7) is 1.17. The SMILES string of the molecule is CN(Cc1ccc(O)cc1)C(=O)CC1(CN)CCC1. The number of rotatable bonds is 5. The molecular formula is C15H22N2O2. The zero-order chi connectivity index (χ0) is 13.9. The molecule has 4 heteroatoms. The predicted octanol–water partition coefficient (Wildman–Crippen LogP) is 1.87. The third-order valence-corrected chi connectivity index (χ3v) is 4.16. The Balaban J connectivity index is 1.90. The van der Waals surface area contributed by atoms with E-state index < -0.39 is 0 Å². The van der Waals surface area contributed by atoms with E-state index in [4.69, 9.17) is 5.73 Å². The summed E-state index contributed by atoms with van der Waals surface area (Å²) >= 11 is 0. The molecule has 0 saturated heterocycles. The van der Waals surface area contributed by atoms with E-state index in [1.807, 2.05) is 19.2 Å². The molecule has 0 spiro atoms. The largest absolute Gasteiger partial charge is 0.508 e. The minimum atomic E-state index is 0.0559. The van der Waals surface area contributed by atoms with Gasteiger partial charge in [0.2, 0.25) is 5.91 Å². The van der Waals surface area contributed by atoms with Crippen molar-refractivity contribution in [2.45, 2.75) is 32.2 Å². The molecular weight excluding hydrogens is 240 g/mol. The highest BCUT2D eigenvalue weighted by atomic mass is 16.3. The molecule has 4 nitrogen and oxygen atoms in total. The Morgan fingerprint density at radius 3 is 2.47 bits per heavy atom. The number of nitrogens with zero attached hydrogens (tertiary/aromatic N) is 1. The second-order valence-corrected chi connectivity index (χ2v) is 5.65. The highest BCUT2D eigenvalue weighted by molar-refractivity contribution is 5.76. The average Bonchev–Trinajstić information content (AvgIpc) is 2.36. The first kappa shape index (κ1) is 13.9. The summed E-state index contributed by atoms with van der Waals surface area (Å²) in [5, 5.41) is 9.23.